The van der Waals surface area contributed by atoms with E-state index in [1.165, 1.54) is 14.0 Å². The minimum atomic E-state index is -1.35. The van der Waals surface area contributed by atoms with Crippen LogP contribution in [-0.4, -0.2) is 40.9 Å². The predicted octanol–water partition coefficient (Wildman–Crippen LogP) is 1.43. The molecule has 128 valence electrons. The molecule has 1 atom stereocenters. The summed E-state index contributed by atoms with van der Waals surface area (Å²) in [7, 11) is 1.53. The van der Waals surface area contributed by atoms with Gasteiger partial charge in [-0.3, -0.25) is 9.69 Å². The highest BCUT2D eigenvalue weighted by atomic mass is 32.2. The molecule has 1 amide bonds. The van der Waals surface area contributed by atoms with E-state index in [0.29, 0.717) is 23.0 Å². The molecule has 1 aromatic rings. The molecular formula is C16H16NO5S2-. The number of amides is 1. The number of rotatable bonds is 6. The van der Waals surface area contributed by atoms with Gasteiger partial charge in [-0.1, -0.05) is 30.0 Å². The summed E-state index contributed by atoms with van der Waals surface area (Å²) >= 11 is 6.16. The van der Waals surface area contributed by atoms with Crippen molar-refractivity contribution < 1.29 is 24.2 Å². The Morgan fingerprint density at radius 3 is 2.75 bits per heavy atom. The molecule has 2 rings (SSSR count). The third-order valence-corrected chi connectivity index (χ3v) is 4.67. The zero-order chi connectivity index (χ0) is 17.9. The summed E-state index contributed by atoms with van der Waals surface area (Å²) in [5.74, 6) is -0.649. The number of carbonyl (C=O) groups is 2. The fourth-order valence-electron chi connectivity index (χ4n) is 2.12. The van der Waals surface area contributed by atoms with E-state index in [-0.39, 0.29) is 4.32 Å². The molecule has 6 nitrogen and oxygen atoms in total. The summed E-state index contributed by atoms with van der Waals surface area (Å²) in [4.78, 5) is 24.8. The molecule has 1 fully saturated rings. The summed E-state index contributed by atoms with van der Waals surface area (Å²) in [5, 5.41) is 11.0. The summed E-state index contributed by atoms with van der Waals surface area (Å²) in [6, 6.07) is 4.15. The Morgan fingerprint density at radius 1 is 1.46 bits per heavy atom. The number of aliphatic carboxylic acids is 1. The third kappa shape index (κ3) is 3.70. The lowest BCUT2D eigenvalue weighted by Crippen LogP contribution is -2.48. The van der Waals surface area contributed by atoms with Gasteiger partial charge in [-0.15, -0.1) is 0 Å². The van der Waals surface area contributed by atoms with Crippen LogP contribution in [-0.2, 0) is 9.59 Å². The van der Waals surface area contributed by atoms with Gasteiger partial charge in [0.25, 0.3) is 5.91 Å². The van der Waals surface area contributed by atoms with Crippen molar-refractivity contribution in [1.82, 2.24) is 4.90 Å². The molecule has 1 aliphatic heterocycles. The van der Waals surface area contributed by atoms with Crippen LogP contribution in [0.4, 0.5) is 0 Å². The standard InChI is InChI=1S/C16H17NO5S2/c1-4-22-11-6-5-10(7-12(11)21-3)8-13-14(18)17(16(23)24-13)9(2)15(19)20/h5-9H,4H2,1-3H3,(H,19,20)/p-1/b13-8-/t9-/m0/s1. The van der Waals surface area contributed by atoms with Crippen molar-refractivity contribution in [3.05, 3.63) is 28.7 Å². The number of thiocarbonyl (C=S) groups is 1. The Bertz CT molecular complexity index is 716. The maximum absolute atomic E-state index is 12.4. The molecule has 8 heteroatoms. The lowest BCUT2D eigenvalue weighted by molar-refractivity contribution is -0.309. The lowest BCUT2D eigenvalue weighted by atomic mass is 10.1. The number of carbonyl (C=O) groups excluding carboxylic acids is 2. The monoisotopic (exact) mass is 366 g/mol. The first-order valence-electron chi connectivity index (χ1n) is 7.17. The van der Waals surface area contributed by atoms with Crippen LogP contribution in [0.15, 0.2) is 23.1 Å². The Kier molecular flexibility index (Phi) is 5.84. The number of benzene rings is 1. The highest BCUT2D eigenvalue weighted by Crippen LogP contribution is 2.35. The van der Waals surface area contributed by atoms with E-state index in [0.717, 1.165) is 22.2 Å². The number of carboxylic acids is 1. The second-order valence-electron chi connectivity index (χ2n) is 4.89. The second-order valence-corrected chi connectivity index (χ2v) is 6.57. The van der Waals surface area contributed by atoms with Crippen LogP contribution in [0.2, 0.25) is 0 Å². The van der Waals surface area contributed by atoms with E-state index < -0.39 is 17.9 Å². The van der Waals surface area contributed by atoms with Crippen molar-refractivity contribution in [1.29, 1.82) is 0 Å². The zero-order valence-electron chi connectivity index (χ0n) is 13.4. The van der Waals surface area contributed by atoms with Crippen LogP contribution in [0.25, 0.3) is 6.08 Å². The van der Waals surface area contributed by atoms with Crippen molar-refractivity contribution in [3.8, 4) is 11.5 Å². The van der Waals surface area contributed by atoms with E-state index >= 15 is 0 Å². The normalized spacial score (nSPS) is 17.3. The van der Waals surface area contributed by atoms with Crippen LogP contribution in [0.1, 0.15) is 19.4 Å². The van der Waals surface area contributed by atoms with Crippen molar-refractivity contribution in [3.63, 3.8) is 0 Å². The van der Waals surface area contributed by atoms with Gasteiger partial charge in [0.15, 0.2) is 11.5 Å². The van der Waals surface area contributed by atoms with E-state index in [1.54, 1.807) is 24.3 Å². The summed E-state index contributed by atoms with van der Waals surface area (Å²) < 4.78 is 10.9. The number of hydrogen-bond donors (Lipinski definition) is 0. The molecule has 0 spiro atoms. The maximum atomic E-state index is 12.4. The average Bonchev–Trinajstić information content (AvgIpc) is 2.82. The molecule has 1 saturated heterocycles. The second kappa shape index (κ2) is 7.67. The molecule has 0 saturated carbocycles. The molecule has 0 aliphatic carbocycles. The molecular weight excluding hydrogens is 350 g/mol. The van der Waals surface area contributed by atoms with Crippen LogP contribution in [0.3, 0.4) is 0 Å². The van der Waals surface area contributed by atoms with E-state index in [9.17, 15) is 14.7 Å². The molecule has 0 unspecified atom stereocenters. The van der Waals surface area contributed by atoms with Gasteiger partial charge in [-0.25, -0.2) is 0 Å². The van der Waals surface area contributed by atoms with Gasteiger partial charge in [-0.05, 0) is 37.6 Å². The van der Waals surface area contributed by atoms with Gasteiger partial charge < -0.3 is 19.4 Å². The summed E-state index contributed by atoms with van der Waals surface area (Å²) in [6.07, 6.45) is 1.64. The molecule has 1 heterocycles. The first-order valence-corrected chi connectivity index (χ1v) is 8.40. The Hall–Kier alpha value is -2.06. The largest absolute Gasteiger partial charge is 0.548 e. The third-order valence-electron chi connectivity index (χ3n) is 3.34. The number of nitrogens with zero attached hydrogens (tertiary/aromatic N) is 1. The van der Waals surface area contributed by atoms with Gasteiger partial charge in [0, 0.05) is 0 Å². The first kappa shape index (κ1) is 18.3. The van der Waals surface area contributed by atoms with Crippen LogP contribution in [0, 0.1) is 0 Å². The summed E-state index contributed by atoms with van der Waals surface area (Å²) in [6.45, 7) is 3.75. The topological polar surface area (TPSA) is 78.9 Å². The van der Waals surface area contributed by atoms with Gasteiger partial charge >= 0.3 is 0 Å². The molecule has 1 aromatic carbocycles. The minimum Gasteiger partial charge on any atom is -0.548 e. The van der Waals surface area contributed by atoms with Crippen molar-refractivity contribution in [2.45, 2.75) is 19.9 Å². The molecule has 0 radical (unpaired) electrons. The lowest BCUT2D eigenvalue weighted by Gasteiger charge is -2.23. The predicted molar refractivity (Wildman–Crippen MR) is 93.6 cm³/mol. The van der Waals surface area contributed by atoms with E-state index in [1.807, 2.05) is 6.92 Å². The number of thioether (sulfide) groups is 1. The Labute approximate surface area is 149 Å². The van der Waals surface area contributed by atoms with Crippen LogP contribution in [0.5, 0.6) is 11.5 Å². The summed E-state index contributed by atoms with van der Waals surface area (Å²) in [5.41, 5.74) is 0.719. The van der Waals surface area contributed by atoms with E-state index in [2.05, 4.69) is 0 Å². The smallest absolute Gasteiger partial charge is 0.266 e. The van der Waals surface area contributed by atoms with Gasteiger partial charge in [0.05, 0.1) is 30.6 Å². The minimum absolute atomic E-state index is 0.195. The maximum Gasteiger partial charge on any atom is 0.266 e. The number of carboxylic acid groups (broad SMARTS) is 1. The number of ether oxygens (including phenoxy) is 2. The number of hydrogen-bond acceptors (Lipinski definition) is 7. The quantitative estimate of drug-likeness (QED) is 0.557. The average molecular weight is 366 g/mol. The molecule has 24 heavy (non-hydrogen) atoms. The molecule has 0 aromatic heterocycles. The first-order chi connectivity index (χ1) is 11.4. The van der Waals surface area contributed by atoms with Crippen LogP contribution < -0.4 is 14.6 Å². The fraction of sp³-hybridized carbons (Fsp3) is 0.312. The Balaban J connectivity index is 2.30. The van der Waals surface area contributed by atoms with Crippen LogP contribution >= 0.6 is 24.0 Å². The highest BCUT2D eigenvalue weighted by Gasteiger charge is 2.35. The highest BCUT2D eigenvalue weighted by molar-refractivity contribution is 8.26. The molecule has 1 aliphatic rings. The molecule has 0 N–H and O–H groups in total. The van der Waals surface area contributed by atoms with E-state index in [4.69, 9.17) is 21.7 Å². The van der Waals surface area contributed by atoms with Crippen molar-refractivity contribution in [2.24, 2.45) is 0 Å². The van der Waals surface area contributed by atoms with Gasteiger partial charge in [-0.2, -0.15) is 0 Å². The zero-order valence-corrected chi connectivity index (χ0v) is 15.0. The number of methoxy groups -OCH3 is 1. The Morgan fingerprint density at radius 2 is 2.17 bits per heavy atom. The molecule has 0 bridgehead atoms. The SMILES string of the molecule is CCOc1ccc(/C=C2\SC(=S)N([C@@H](C)C(=O)[O-])C2=O)cc1OC. The van der Waals surface area contributed by atoms with Crippen molar-refractivity contribution in [2.75, 3.05) is 13.7 Å². The van der Waals surface area contributed by atoms with Crippen molar-refractivity contribution >= 4 is 46.3 Å². The fourth-order valence-corrected chi connectivity index (χ4v) is 3.54. The van der Waals surface area contributed by atoms with Gasteiger partial charge in [0.2, 0.25) is 0 Å². The van der Waals surface area contributed by atoms with Gasteiger partial charge in [0.1, 0.15) is 4.32 Å².